The van der Waals surface area contributed by atoms with Crippen molar-refractivity contribution in [2.24, 2.45) is 0 Å². The fourth-order valence-electron chi connectivity index (χ4n) is 5.30. The van der Waals surface area contributed by atoms with Crippen LogP contribution in [0, 0.1) is 0 Å². The highest BCUT2D eigenvalue weighted by Crippen LogP contribution is 2.52. The molecule has 0 aromatic heterocycles. The number of hydrogen-bond acceptors (Lipinski definition) is 0. The molecule has 0 heterocycles. The lowest BCUT2D eigenvalue weighted by Gasteiger charge is -2.50. The number of rotatable bonds is 8. The van der Waals surface area contributed by atoms with Crippen molar-refractivity contribution in [1.82, 2.24) is 0 Å². The van der Waals surface area contributed by atoms with Gasteiger partial charge in [0, 0.05) is 0 Å². The van der Waals surface area contributed by atoms with Crippen LogP contribution in [0.3, 0.4) is 0 Å². The van der Waals surface area contributed by atoms with Crippen LogP contribution in [0.1, 0.15) is 40.9 Å². The predicted octanol–water partition coefficient (Wildman–Crippen LogP) is 8.47. The summed E-state index contributed by atoms with van der Waals surface area (Å²) in [7, 11) is -2.61. The Morgan fingerprint density at radius 2 is 1.06 bits per heavy atom. The van der Waals surface area contributed by atoms with E-state index in [0.29, 0.717) is 0 Å². The SMILES string of the molecule is CC(c1ccccc1)(C(Cc1ccccc1)c1ccccc1)[Si](C)(C)C(F)c1ccccc1. The highest BCUT2D eigenvalue weighted by atomic mass is 28.3. The minimum atomic E-state index is -2.61. The average molecular weight is 453 g/mol. The third kappa shape index (κ3) is 4.58. The minimum absolute atomic E-state index is 0.145. The van der Waals surface area contributed by atoms with E-state index < -0.39 is 13.9 Å². The molecule has 4 aromatic rings. The molecule has 0 saturated heterocycles. The first-order valence-corrected chi connectivity index (χ1v) is 14.9. The molecule has 2 heteroatoms. The molecule has 0 N–H and O–H groups in total. The monoisotopic (exact) mass is 452 g/mol. The molecule has 0 spiro atoms. The molecule has 0 bridgehead atoms. The number of halogens is 1. The zero-order valence-electron chi connectivity index (χ0n) is 19.8. The van der Waals surface area contributed by atoms with Gasteiger partial charge in [0.2, 0.25) is 0 Å². The molecule has 0 aliphatic rings. The fourth-order valence-corrected chi connectivity index (χ4v) is 8.93. The van der Waals surface area contributed by atoms with Gasteiger partial charge in [-0.2, -0.15) is 0 Å². The van der Waals surface area contributed by atoms with Crippen LogP contribution in [0.5, 0.6) is 0 Å². The molecule has 0 saturated carbocycles. The van der Waals surface area contributed by atoms with E-state index in [9.17, 15) is 0 Å². The van der Waals surface area contributed by atoms with E-state index in [4.69, 9.17) is 0 Å². The standard InChI is InChI=1S/C31H33FSi/c1-31(28-22-14-7-15-23-28,33(2,3)30(32)27-20-12-6-13-21-27)29(26-18-10-5-11-19-26)24-25-16-8-4-9-17-25/h4-23,29-30H,24H2,1-3H3. The Morgan fingerprint density at radius 1 is 0.636 bits per heavy atom. The van der Waals surface area contributed by atoms with E-state index in [-0.39, 0.29) is 11.0 Å². The molecule has 4 aromatic carbocycles. The first-order chi connectivity index (χ1) is 15.9. The van der Waals surface area contributed by atoms with Crippen molar-refractivity contribution in [3.05, 3.63) is 144 Å². The van der Waals surface area contributed by atoms with Gasteiger partial charge in [-0.25, -0.2) is 4.39 Å². The molecule has 3 atom stereocenters. The van der Waals surface area contributed by atoms with Gasteiger partial charge in [0.15, 0.2) is 0 Å². The molecule has 0 nitrogen and oxygen atoms in total. The lowest BCUT2D eigenvalue weighted by molar-refractivity contribution is 0.397. The van der Waals surface area contributed by atoms with Gasteiger partial charge in [-0.05, 0) is 39.6 Å². The minimum Gasteiger partial charge on any atom is -0.246 e. The van der Waals surface area contributed by atoms with Gasteiger partial charge < -0.3 is 0 Å². The maximum Gasteiger partial charge on any atom is 0.114 e. The molecule has 3 unspecified atom stereocenters. The average Bonchev–Trinajstić information content (AvgIpc) is 2.88. The molecule has 168 valence electrons. The van der Waals surface area contributed by atoms with Gasteiger partial charge in [0.05, 0.1) is 0 Å². The van der Waals surface area contributed by atoms with E-state index in [1.165, 1.54) is 16.7 Å². The molecular weight excluding hydrogens is 419 g/mol. The van der Waals surface area contributed by atoms with Crippen molar-refractivity contribution in [3.8, 4) is 0 Å². The van der Waals surface area contributed by atoms with Crippen molar-refractivity contribution in [1.29, 1.82) is 0 Å². The fraction of sp³-hybridized carbons (Fsp3) is 0.226. The van der Waals surface area contributed by atoms with Gasteiger partial charge >= 0.3 is 0 Å². The summed E-state index contributed by atoms with van der Waals surface area (Å²) in [5, 5.41) is -0.347. The zero-order valence-corrected chi connectivity index (χ0v) is 20.8. The van der Waals surface area contributed by atoms with Crippen molar-refractivity contribution in [2.45, 2.75) is 43.2 Å². The van der Waals surface area contributed by atoms with E-state index >= 15 is 4.39 Å². The van der Waals surface area contributed by atoms with Crippen LogP contribution in [0.2, 0.25) is 13.1 Å². The summed E-state index contributed by atoms with van der Waals surface area (Å²) in [6.07, 6.45) is 0.869. The normalized spacial score (nSPS) is 15.4. The maximum atomic E-state index is 16.6. The quantitative estimate of drug-likeness (QED) is 0.235. The van der Waals surface area contributed by atoms with Crippen LogP contribution < -0.4 is 0 Å². The summed E-state index contributed by atoms with van der Waals surface area (Å²) >= 11 is 0. The Bertz CT molecular complexity index is 1130. The van der Waals surface area contributed by atoms with Crippen molar-refractivity contribution in [3.63, 3.8) is 0 Å². The summed E-state index contributed by atoms with van der Waals surface area (Å²) < 4.78 is 16.6. The van der Waals surface area contributed by atoms with Gasteiger partial charge in [-0.15, -0.1) is 0 Å². The highest BCUT2D eigenvalue weighted by Gasteiger charge is 2.54. The summed E-state index contributed by atoms with van der Waals surface area (Å²) in [4.78, 5) is 0. The third-order valence-corrected chi connectivity index (χ3v) is 12.5. The number of benzene rings is 4. The van der Waals surface area contributed by atoms with Crippen LogP contribution in [0.4, 0.5) is 4.39 Å². The summed E-state index contributed by atoms with van der Waals surface area (Å²) in [5.41, 5.74) is 4.58. The highest BCUT2D eigenvalue weighted by molar-refractivity contribution is 6.81. The molecule has 0 fully saturated rings. The largest absolute Gasteiger partial charge is 0.246 e. The number of alkyl halides is 1. The lowest BCUT2D eigenvalue weighted by atomic mass is 9.78. The van der Waals surface area contributed by atoms with Gasteiger partial charge in [-0.3, -0.25) is 0 Å². The Balaban J connectivity index is 1.92. The van der Waals surface area contributed by atoms with E-state index in [1.807, 2.05) is 30.3 Å². The summed E-state index contributed by atoms with van der Waals surface area (Å²) in [5.74, 6) is -0.835. The lowest BCUT2D eigenvalue weighted by Crippen LogP contribution is -2.57. The van der Waals surface area contributed by atoms with Crippen molar-refractivity contribution >= 4 is 8.07 Å². The third-order valence-electron chi connectivity index (χ3n) is 7.62. The Morgan fingerprint density at radius 3 is 1.58 bits per heavy atom. The summed E-state index contributed by atoms with van der Waals surface area (Å²) in [6.45, 7) is 6.79. The van der Waals surface area contributed by atoms with Crippen molar-refractivity contribution < 1.29 is 4.39 Å². The number of hydrogen-bond donors (Lipinski definition) is 0. The summed E-state index contributed by atoms with van der Waals surface area (Å²) in [6, 6.07) is 41.8. The van der Waals surface area contributed by atoms with Gasteiger partial charge in [-0.1, -0.05) is 141 Å². The zero-order chi connectivity index (χ0) is 23.3. The van der Waals surface area contributed by atoms with Crippen LogP contribution in [0.15, 0.2) is 121 Å². The second-order valence-corrected chi connectivity index (χ2v) is 14.7. The second kappa shape index (κ2) is 9.89. The molecule has 0 aliphatic carbocycles. The Labute approximate surface area is 199 Å². The van der Waals surface area contributed by atoms with E-state index in [2.05, 4.69) is 111 Å². The Hall–Kier alpha value is -2.97. The van der Waals surface area contributed by atoms with Crippen LogP contribution in [-0.4, -0.2) is 8.07 Å². The van der Waals surface area contributed by atoms with E-state index in [0.717, 1.165) is 12.0 Å². The molecule has 0 amide bonds. The molecule has 0 radical (unpaired) electrons. The van der Waals surface area contributed by atoms with Crippen molar-refractivity contribution in [2.75, 3.05) is 0 Å². The Kier molecular flexibility index (Phi) is 6.95. The first-order valence-electron chi connectivity index (χ1n) is 11.8. The first kappa shape index (κ1) is 23.2. The topological polar surface area (TPSA) is 0 Å². The maximum absolute atomic E-state index is 16.6. The van der Waals surface area contributed by atoms with Gasteiger partial charge in [0.1, 0.15) is 13.9 Å². The van der Waals surface area contributed by atoms with Gasteiger partial charge in [0.25, 0.3) is 0 Å². The smallest absolute Gasteiger partial charge is 0.114 e. The molecule has 33 heavy (non-hydrogen) atoms. The molecular formula is C31H33FSi. The van der Waals surface area contributed by atoms with Crippen LogP contribution in [0.25, 0.3) is 0 Å². The second-order valence-electron chi connectivity index (χ2n) is 9.72. The molecule has 4 rings (SSSR count). The molecule has 0 aliphatic heterocycles. The van der Waals surface area contributed by atoms with Crippen LogP contribution >= 0.6 is 0 Å². The van der Waals surface area contributed by atoms with E-state index in [1.54, 1.807) is 0 Å². The van der Waals surface area contributed by atoms with Crippen LogP contribution in [-0.2, 0) is 11.5 Å². The predicted molar refractivity (Wildman–Crippen MR) is 141 cm³/mol.